The number of alkyl halides is 3. The molecule has 0 aliphatic heterocycles. The topological polar surface area (TPSA) is 109 Å². The average Bonchev–Trinajstić information content (AvgIpc) is 3.14. The molecule has 40 heavy (non-hydrogen) atoms. The number of aliphatic hydroxyl groups is 1. The number of fused-ring (bicyclic) bond motifs is 1. The van der Waals surface area contributed by atoms with Crippen LogP contribution in [0.15, 0.2) is 53.0 Å². The largest absolute Gasteiger partial charge is 0.433 e. The number of nitrogens with one attached hydrogen (secondary N) is 2. The highest BCUT2D eigenvalue weighted by Crippen LogP contribution is 2.32. The van der Waals surface area contributed by atoms with Gasteiger partial charge in [-0.2, -0.15) is 18.3 Å². The van der Waals surface area contributed by atoms with Crippen molar-refractivity contribution in [2.45, 2.75) is 52.6 Å². The van der Waals surface area contributed by atoms with Crippen molar-refractivity contribution in [2.24, 2.45) is 0 Å². The molecule has 8 nitrogen and oxygen atoms in total. The van der Waals surface area contributed by atoms with E-state index in [4.69, 9.17) is 0 Å². The van der Waals surface area contributed by atoms with Gasteiger partial charge in [0.05, 0.1) is 46.8 Å². The maximum absolute atomic E-state index is 13.5. The van der Waals surface area contributed by atoms with E-state index in [1.807, 2.05) is 0 Å². The Morgan fingerprint density at radius 3 is 2.35 bits per heavy atom. The fourth-order valence-electron chi connectivity index (χ4n) is 4.09. The minimum Gasteiger partial charge on any atom is -0.391 e. The summed E-state index contributed by atoms with van der Waals surface area (Å²) in [6.07, 6.45) is -5.41. The van der Waals surface area contributed by atoms with Gasteiger partial charge in [-0.1, -0.05) is 28.1 Å². The van der Waals surface area contributed by atoms with Crippen molar-refractivity contribution in [3.8, 4) is 0 Å². The lowest BCUT2D eigenvalue weighted by Gasteiger charge is -2.16. The summed E-state index contributed by atoms with van der Waals surface area (Å²) in [6, 6.07) is 11.8. The number of rotatable bonds is 7. The lowest BCUT2D eigenvalue weighted by Crippen LogP contribution is -2.39. The number of carbonyl (C=O) groups is 2. The van der Waals surface area contributed by atoms with Gasteiger partial charge >= 0.3 is 6.18 Å². The summed E-state index contributed by atoms with van der Waals surface area (Å²) < 4.78 is 42.8. The van der Waals surface area contributed by atoms with Gasteiger partial charge in [-0.25, -0.2) is 4.98 Å². The first-order valence-electron chi connectivity index (χ1n) is 12.4. The second kappa shape index (κ2) is 11.4. The molecule has 0 unspecified atom stereocenters. The molecular weight excluding hydrogens is 591 g/mol. The third kappa shape index (κ3) is 6.34. The van der Waals surface area contributed by atoms with E-state index in [9.17, 15) is 27.9 Å². The third-order valence-corrected chi connectivity index (χ3v) is 7.05. The van der Waals surface area contributed by atoms with Crippen LogP contribution >= 0.6 is 15.9 Å². The highest BCUT2D eigenvalue weighted by atomic mass is 79.9. The minimum atomic E-state index is -4.72. The second-order valence-corrected chi connectivity index (χ2v) is 10.5. The molecule has 2 atom stereocenters. The standard InChI is InChI=1S/C28H27BrF3N5O3/c1-14(17(4)38)33-26(39)19-7-5-18(6-8-19)13-37-16(3)25(15(2)36-37)35-27(40)22-12-24(28(30,31)32)34-23-10-9-20(29)11-21(22)23/h5-12,14,17,38H,13H2,1-4H3,(H,33,39)(H,35,40)/t14-,17-/m1/s1. The lowest BCUT2D eigenvalue weighted by atomic mass is 10.1. The summed E-state index contributed by atoms with van der Waals surface area (Å²) in [5, 5.41) is 19.8. The first kappa shape index (κ1) is 29.2. The zero-order valence-electron chi connectivity index (χ0n) is 22.1. The highest BCUT2D eigenvalue weighted by molar-refractivity contribution is 9.10. The van der Waals surface area contributed by atoms with Gasteiger partial charge in [0, 0.05) is 15.4 Å². The quantitative estimate of drug-likeness (QED) is 0.249. The van der Waals surface area contributed by atoms with Crippen molar-refractivity contribution in [1.29, 1.82) is 0 Å². The zero-order chi connectivity index (χ0) is 29.4. The van der Waals surface area contributed by atoms with E-state index >= 15 is 0 Å². The maximum atomic E-state index is 13.5. The predicted molar refractivity (Wildman–Crippen MR) is 148 cm³/mol. The van der Waals surface area contributed by atoms with Gasteiger partial charge in [-0.15, -0.1) is 0 Å². The molecule has 3 N–H and O–H groups in total. The fourth-order valence-corrected chi connectivity index (χ4v) is 4.45. The Hall–Kier alpha value is -3.77. The van der Waals surface area contributed by atoms with Gasteiger partial charge in [0.15, 0.2) is 0 Å². The number of amides is 2. The number of nitrogens with zero attached hydrogens (tertiary/aromatic N) is 3. The Bertz CT molecular complexity index is 1580. The number of halogens is 4. The Balaban J connectivity index is 1.57. The molecule has 0 radical (unpaired) electrons. The summed E-state index contributed by atoms with van der Waals surface area (Å²) >= 11 is 3.30. The Kier molecular flexibility index (Phi) is 8.31. The number of benzene rings is 2. The molecule has 2 heterocycles. The number of hydrogen-bond acceptors (Lipinski definition) is 5. The first-order chi connectivity index (χ1) is 18.7. The van der Waals surface area contributed by atoms with E-state index in [2.05, 4.69) is 36.6 Å². The first-order valence-corrected chi connectivity index (χ1v) is 13.1. The van der Waals surface area contributed by atoms with E-state index in [1.165, 1.54) is 6.07 Å². The molecule has 12 heteroatoms. The molecule has 2 amide bonds. The lowest BCUT2D eigenvalue weighted by molar-refractivity contribution is -0.141. The van der Waals surface area contributed by atoms with Crippen molar-refractivity contribution in [1.82, 2.24) is 20.1 Å². The number of aryl methyl sites for hydroxylation is 1. The monoisotopic (exact) mass is 617 g/mol. The van der Waals surface area contributed by atoms with Crippen molar-refractivity contribution < 1.29 is 27.9 Å². The summed E-state index contributed by atoms with van der Waals surface area (Å²) in [5.74, 6) is -1.02. The molecular formula is C28H27BrF3N5O3. The van der Waals surface area contributed by atoms with E-state index in [0.29, 0.717) is 33.7 Å². The van der Waals surface area contributed by atoms with Gasteiger partial charge < -0.3 is 15.7 Å². The van der Waals surface area contributed by atoms with Crippen LogP contribution in [0.3, 0.4) is 0 Å². The van der Waals surface area contributed by atoms with E-state index < -0.39 is 29.9 Å². The average molecular weight is 618 g/mol. The van der Waals surface area contributed by atoms with Gasteiger partial charge in [0.25, 0.3) is 11.8 Å². The van der Waals surface area contributed by atoms with Crippen molar-refractivity contribution in [3.05, 3.63) is 86.8 Å². The Labute approximate surface area is 236 Å². The predicted octanol–water partition coefficient (Wildman–Crippen LogP) is 5.63. The van der Waals surface area contributed by atoms with Crippen LogP contribution < -0.4 is 10.6 Å². The van der Waals surface area contributed by atoms with Gasteiger partial charge in [-0.3, -0.25) is 14.3 Å². The molecule has 0 fully saturated rings. The normalized spacial score (nSPS) is 13.2. The van der Waals surface area contributed by atoms with Gasteiger partial charge in [0.2, 0.25) is 0 Å². The van der Waals surface area contributed by atoms with Crippen LogP contribution in [0, 0.1) is 13.8 Å². The second-order valence-electron chi connectivity index (χ2n) is 9.57. The van der Waals surface area contributed by atoms with Crippen LogP contribution in [0.5, 0.6) is 0 Å². The molecule has 4 rings (SSSR count). The minimum absolute atomic E-state index is 0.0461. The molecule has 210 valence electrons. The molecule has 0 saturated carbocycles. The van der Waals surface area contributed by atoms with E-state index in [1.54, 1.807) is 68.8 Å². The number of hydrogen-bond donors (Lipinski definition) is 3. The van der Waals surface area contributed by atoms with Crippen LogP contribution in [0.2, 0.25) is 0 Å². The fraction of sp³-hybridized carbons (Fsp3) is 0.286. The molecule has 0 aliphatic carbocycles. The van der Waals surface area contributed by atoms with Crippen LogP contribution in [0.25, 0.3) is 10.9 Å². The third-order valence-electron chi connectivity index (χ3n) is 6.56. The summed E-state index contributed by atoms with van der Waals surface area (Å²) in [5.41, 5.74) is 1.48. The summed E-state index contributed by atoms with van der Waals surface area (Å²) in [6.45, 7) is 7.08. The van der Waals surface area contributed by atoms with Crippen molar-refractivity contribution in [2.75, 3.05) is 5.32 Å². The molecule has 0 spiro atoms. The summed E-state index contributed by atoms with van der Waals surface area (Å²) in [4.78, 5) is 29.4. The molecule has 2 aromatic heterocycles. The highest BCUT2D eigenvalue weighted by Gasteiger charge is 2.34. The van der Waals surface area contributed by atoms with Crippen LogP contribution in [0.1, 0.15) is 57.2 Å². The number of aromatic nitrogens is 3. The Morgan fingerprint density at radius 1 is 1.05 bits per heavy atom. The molecule has 0 bridgehead atoms. The maximum Gasteiger partial charge on any atom is 0.433 e. The number of aliphatic hydroxyl groups excluding tert-OH is 1. The molecule has 2 aromatic carbocycles. The zero-order valence-corrected chi connectivity index (χ0v) is 23.7. The van der Waals surface area contributed by atoms with Gasteiger partial charge in [-0.05, 0) is 69.7 Å². The van der Waals surface area contributed by atoms with Crippen molar-refractivity contribution in [3.63, 3.8) is 0 Å². The summed E-state index contributed by atoms with van der Waals surface area (Å²) in [7, 11) is 0. The number of carbonyl (C=O) groups excluding carboxylic acids is 2. The Morgan fingerprint density at radius 2 is 1.73 bits per heavy atom. The van der Waals surface area contributed by atoms with E-state index in [0.717, 1.165) is 11.6 Å². The molecule has 0 aliphatic rings. The van der Waals surface area contributed by atoms with Crippen molar-refractivity contribution >= 4 is 44.3 Å². The van der Waals surface area contributed by atoms with Gasteiger partial charge in [0.1, 0.15) is 5.69 Å². The smallest absolute Gasteiger partial charge is 0.391 e. The number of anilines is 1. The molecule has 0 saturated heterocycles. The van der Waals surface area contributed by atoms with Crippen LogP contribution in [-0.4, -0.2) is 43.8 Å². The van der Waals surface area contributed by atoms with Crippen LogP contribution in [-0.2, 0) is 12.7 Å². The SMILES string of the molecule is Cc1nn(Cc2ccc(C(=O)N[C@H](C)[C@@H](C)O)cc2)c(C)c1NC(=O)c1cc(C(F)(F)F)nc2ccc(Br)cc12. The number of pyridine rings is 1. The van der Waals surface area contributed by atoms with Crippen LogP contribution in [0.4, 0.5) is 18.9 Å². The molecule has 4 aromatic rings. The van der Waals surface area contributed by atoms with E-state index in [-0.39, 0.29) is 22.4 Å².